The van der Waals surface area contributed by atoms with Crippen LogP contribution >= 0.6 is 0 Å². The lowest BCUT2D eigenvalue weighted by atomic mass is 9.77. The first-order chi connectivity index (χ1) is 19.0. The van der Waals surface area contributed by atoms with Gasteiger partial charge in [0.05, 0.1) is 13.3 Å². The SMILES string of the molecule is COc1ccc(C(=O)Cc2ccc(F)c([C@@]3(C)N=C(N)N(C)S(=O)(=O)[C@@]34CCN(Cc3cncnc3)C4)c2)nc1. The number of aliphatic imine (C=N–C) groups is 1. The van der Waals surface area contributed by atoms with Crippen LogP contribution < -0.4 is 10.5 Å². The molecule has 11 nitrogen and oxygen atoms in total. The number of carbonyl (C=O) groups excluding carboxylic acids is 1. The van der Waals surface area contributed by atoms with Crippen molar-refractivity contribution in [2.45, 2.75) is 36.6 Å². The van der Waals surface area contributed by atoms with Crippen LogP contribution in [0, 0.1) is 5.82 Å². The lowest BCUT2D eigenvalue weighted by Crippen LogP contribution is -2.66. The number of nitrogens with two attached hydrogens (primary N) is 1. The second kappa shape index (κ2) is 10.2. The van der Waals surface area contributed by atoms with Crippen LogP contribution in [0.4, 0.5) is 4.39 Å². The zero-order valence-electron chi connectivity index (χ0n) is 22.4. The van der Waals surface area contributed by atoms with E-state index in [1.165, 1.54) is 44.9 Å². The van der Waals surface area contributed by atoms with Gasteiger partial charge in [0.2, 0.25) is 16.0 Å². The minimum absolute atomic E-state index is 0.0602. The lowest BCUT2D eigenvalue weighted by Gasteiger charge is -2.48. The topological polar surface area (TPSA) is 144 Å². The number of ether oxygens (including phenoxy) is 1. The molecule has 40 heavy (non-hydrogen) atoms. The van der Waals surface area contributed by atoms with Gasteiger partial charge in [-0.15, -0.1) is 0 Å². The monoisotopic (exact) mass is 567 g/mol. The molecule has 1 aromatic carbocycles. The van der Waals surface area contributed by atoms with Gasteiger partial charge in [-0.3, -0.25) is 9.69 Å². The normalized spacial score (nSPS) is 24.2. The number of rotatable bonds is 7. The van der Waals surface area contributed by atoms with Crippen LogP contribution in [0.25, 0.3) is 0 Å². The summed E-state index contributed by atoms with van der Waals surface area (Å²) in [5.74, 6) is -0.627. The van der Waals surface area contributed by atoms with Gasteiger partial charge in [-0.2, -0.15) is 0 Å². The van der Waals surface area contributed by atoms with Crippen LogP contribution in [0.15, 0.2) is 60.2 Å². The molecule has 4 heterocycles. The molecule has 0 unspecified atom stereocenters. The quantitative estimate of drug-likeness (QED) is 0.423. The number of methoxy groups -OCH3 is 1. The molecule has 1 fully saturated rings. The van der Waals surface area contributed by atoms with Crippen molar-refractivity contribution in [2.75, 3.05) is 27.2 Å². The molecule has 5 rings (SSSR count). The van der Waals surface area contributed by atoms with E-state index >= 15 is 4.39 Å². The van der Waals surface area contributed by atoms with Gasteiger partial charge in [-0.25, -0.2) is 37.1 Å². The molecule has 0 amide bonds. The van der Waals surface area contributed by atoms with Crippen molar-refractivity contribution < 1.29 is 22.3 Å². The summed E-state index contributed by atoms with van der Waals surface area (Å²) < 4.78 is 48.3. The summed E-state index contributed by atoms with van der Waals surface area (Å²) in [5, 5.41) is 0. The third kappa shape index (κ3) is 4.48. The fourth-order valence-electron chi connectivity index (χ4n) is 5.61. The number of nitrogens with zero attached hydrogens (tertiary/aromatic N) is 6. The second-order valence-electron chi connectivity index (χ2n) is 10.2. The molecular formula is C27H30FN7O4S. The number of hydrogen-bond acceptors (Lipinski definition) is 10. The molecule has 3 aromatic rings. The number of aromatic nitrogens is 3. The number of sulfonamides is 1. The zero-order valence-corrected chi connectivity index (χ0v) is 23.2. The van der Waals surface area contributed by atoms with Gasteiger partial charge < -0.3 is 10.5 Å². The molecular weight excluding hydrogens is 537 g/mol. The number of ketones is 1. The first kappa shape index (κ1) is 27.6. The average molecular weight is 568 g/mol. The third-order valence-corrected chi connectivity index (χ3v) is 10.5. The van der Waals surface area contributed by atoms with Gasteiger partial charge in [0, 0.05) is 56.6 Å². The highest BCUT2D eigenvalue weighted by molar-refractivity contribution is 7.91. The van der Waals surface area contributed by atoms with Crippen molar-refractivity contribution in [1.82, 2.24) is 24.2 Å². The third-order valence-electron chi connectivity index (χ3n) is 7.91. The fourth-order valence-corrected chi connectivity index (χ4v) is 7.78. The Bertz CT molecular complexity index is 1570. The van der Waals surface area contributed by atoms with Gasteiger partial charge in [0.1, 0.15) is 33.9 Å². The molecule has 210 valence electrons. The van der Waals surface area contributed by atoms with E-state index in [4.69, 9.17) is 10.5 Å². The Morgan fingerprint density at radius 1 is 1.15 bits per heavy atom. The zero-order chi connectivity index (χ0) is 28.7. The van der Waals surface area contributed by atoms with Gasteiger partial charge in [-0.1, -0.05) is 6.07 Å². The summed E-state index contributed by atoms with van der Waals surface area (Å²) in [6.07, 6.45) is 6.34. The molecule has 2 aromatic heterocycles. The average Bonchev–Trinajstić information content (AvgIpc) is 3.39. The standard InChI is InChI=1S/C27H30FN7O4S/c1-26(21-10-18(4-6-22(21)28)11-24(36)23-7-5-20(39-3)14-32-23)27(40(37,38)34(2)25(29)33-26)8-9-35(16-27)15-19-12-30-17-31-13-19/h4-7,10,12-14,17H,8-9,11,15-16H2,1-3H3,(H2,29,33)/t26-,27-/m1/s1. The summed E-state index contributed by atoms with van der Waals surface area (Å²) in [5.41, 5.74) is 6.15. The van der Waals surface area contributed by atoms with Crippen molar-refractivity contribution in [3.63, 3.8) is 0 Å². The molecule has 0 aliphatic carbocycles. The van der Waals surface area contributed by atoms with Gasteiger partial charge in [0.25, 0.3) is 0 Å². The van der Waals surface area contributed by atoms with E-state index in [1.807, 2.05) is 4.90 Å². The first-order valence-electron chi connectivity index (χ1n) is 12.6. The number of hydrogen-bond donors (Lipinski definition) is 1. The van der Waals surface area contributed by atoms with Gasteiger partial charge >= 0.3 is 0 Å². The summed E-state index contributed by atoms with van der Waals surface area (Å²) in [4.78, 5) is 31.8. The number of halogens is 1. The molecule has 0 radical (unpaired) electrons. The summed E-state index contributed by atoms with van der Waals surface area (Å²) in [6.45, 7) is 2.54. The molecule has 2 atom stereocenters. The van der Waals surface area contributed by atoms with E-state index in [1.54, 1.807) is 31.5 Å². The number of benzene rings is 1. The highest BCUT2D eigenvalue weighted by atomic mass is 32.2. The Balaban J connectivity index is 1.54. The lowest BCUT2D eigenvalue weighted by molar-refractivity contribution is 0.0988. The maximum absolute atomic E-state index is 15.6. The van der Waals surface area contributed by atoms with E-state index in [0.717, 1.165) is 9.87 Å². The molecule has 0 bridgehead atoms. The second-order valence-corrected chi connectivity index (χ2v) is 12.5. The van der Waals surface area contributed by atoms with Gasteiger partial charge in [0.15, 0.2) is 5.78 Å². The van der Waals surface area contributed by atoms with Crippen LogP contribution in [0.1, 0.15) is 40.5 Å². The van der Waals surface area contributed by atoms with Crippen molar-refractivity contribution >= 4 is 21.8 Å². The van der Waals surface area contributed by atoms with E-state index in [9.17, 15) is 13.2 Å². The van der Waals surface area contributed by atoms with E-state index < -0.39 is 26.1 Å². The Morgan fingerprint density at radius 3 is 2.58 bits per heavy atom. The van der Waals surface area contributed by atoms with Crippen LogP contribution in [-0.4, -0.2) is 76.3 Å². The smallest absolute Gasteiger partial charge is 0.247 e. The molecule has 2 aliphatic rings. The Hall–Kier alpha value is -3.97. The minimum Gasteiger partial charge on any atom is -0.495 e. The maximum Gasteiger partial charge on any atom is 0.247 e. The van der Waals surface area contributed by atoms with E-state index in [-0.39, 0.29) is 42.4 Å². The Labute approximate surface area is 232 Å². The van der Waals surface area contributed by atoms with Crippen LogP contribution in [0.2, 0.25) is 0 Å². The number of pyridine rings is 1. The molecule has 1 saturated heterocycles. The van der Waals surface area contributed by atoms with E-state index in [0.29, 0.717) is 24.4 Å². The van der Waals surface area contributed by atoms with Crippen molar-refractivity contribution in [3.05, 3.63) is 83.5 Å². The summed E-state index contributed by atoms with van der Waals surface area (Å²) in [6, 6.07) is 7.45. The van der Waals surface area contributed by atoms with Crippen LogP contribution in [0.5, 0.6) is 5.75 Å². The largest absolute Gasteiger partial charge is 0.495 e. The predicted octanol–water partition coefficient (Wildman–Crippen LogP) is 1.89. The molecule has 2 N–H and O–H groups in total. The minimum atomic E-state index is -4.08. The maximum atomic E-state index is 15.6. The van der Waals surface area contributed by atoms with Crippen molar-refractivity contribution in [2.24, 2.45) is 10.7 Å². The molecule has 2 aliphatic heterocycles. The number of likely N-dealkylation sites (tertiary alicyclic amines) is 1. The summed E-state index contributed by atoms with van der Waals surface area (Å²) >= 11 is 0. The number of guanidine groups is 1. The summed E-state index contributed by atoms with van der Waals surface area (Å²) in [7, 11) is -1.22. The van der Waals surface area contributed by atoms with Crippen LogP contribution in [0.3, 0.4) is 0 Å². The Kier molecular flexibility index (Phi) is 7.04. The van der Waals surface area contributed by atoms with Gasteiger partial charge in [-0.05, 0) is 43.2 Å². The Morgan fingerprint density at radius 2 is 1.90 bits per heavy atom. The molecule has 13 heteroatoms. The number of Topliss-reactive ketones (excluding diaryl/α,β-unsaturated/α-hetero) is 1. The highest BCUT2D eigenvalue weighted by Gasteiger charge is 2.66. The fraction of sp³-hybridized carbons (Fsp3) is 0.370. The highest BCUT2D eigenvalue weighted by Crippen LogP contribution is 2.51. The predicted molar refractivity (Wildman–Crippen MR) is 146 cm³/mol. The number of carbonyl (C=O) groups is 1. The molecule has 1 spiro atoms. The van der Waals surface area contributed by atoms with Crippen LogP contribution in [-0.2, 0) is 28.5 Å². The van der Waals surface area contributed by atoms with Crippen molar-refractivity contribution in [1.29, 1.82) is 0 Å². The van der Waals surface area contributed by atoms with E-state index in [2.05, 4.69) is 19.9 Å². The molecule has 0 saturated carbocycles. The van der Waals surface area contributed by atoms with Crippen molar-refractivity contribution in [3.8, 4) is 5.75 Å². The first-order valence-corrected chi connectivity index (χ1v) is 14.1.